The Labute approximate surface area is 111 Å². The van der Waals surface area contributed by atoms with Gasteiger partial charge in [0.2, 0.25) is 11.1 Å². The molecule has 0 saturated heterocycles. The minimum atomic E-state index is -0.0491. The van der Waals surface area contributed by atoms with Gasteiger partial charge in [-0.3, -0.25) is 4.79 Å². The van der Waals surface area contributed by atoms with Crippen molar-refractivity contribution in [3.63, 3.8) is 0 Å². The number of halogens is 1. The fourth-order valence-corrected chi connectivity index (χ4v) is 1.98. The summed E-state index contributed by atoms with van der Waals surface area (Å²) < 4.78 is 4.82. The topological polar surface area (TPSA) is 75.4 Å². The van der Waals surface area contributed by atoms with Crippen molar-refractivity contribution in [2.45, 2.75) is 45.6 Å². The SMILES string of the molecule is CCC(CCO)NC(=O)CCc1c(C)noc1Cl. The Balaban J connectivity index is 2.41. The first kappa shape index (κ1) is 15.0. The average Bonchev–Trinajstić information content (AvgIpc) is 2.66. The molecule has 0 aliphatic rings. The summed E-state index contributed by atoms with van der Waals surface area (Å²) in [5.41, 5.74) is 1.50. The van der Waals surface area contributed by atoms with Gasteiger partial charge in [0.25, 0.3) is 0 Å². The number of rotatable bonds is 7. The molecule has 18 heavy (non-hydrogen) atoms. The van der Waals surface area contributed by atoms with Crippen LogP contribution in [0.4, 0.5) is 0 Å². The molecule has 0 bridgehead atoms. The minimum Gasteiger partial charge on any atom is -0.396 e. The lowest BCUT2D eigenvalue weighted by atomic mass is 10.1. The van der Waals surface area contributed by atoms with E-state index in [0.717, 1.165) is 17.7 Å². The second-order valence-electron chi connectivity index (χ2n) is 4.21. The number of nitrogens with zero attached hydrogens (tertiary/aromatic N) is 1. The Kier molecular flexibility index (Phi) is 6.15. The van der Waals surface area contributed by atoms with Gasteiger partial charge in [-0.05, 0) is 37.8 Å². The van der Waals surface area contributed by atoms with Crippen molar-refractivity contribution in [2.75, 3.05) is 6.61 Å². The molecule has 1 unspecified atom stereocenters. The molecule has 1 amide bonds. The average molecular weight is 275 g/mol. The number of aryl methyl sites for hydroxylation is 1. The Morgan fingerprint density at radius 3 is 2.83 bits per heavy atom. The molecular formula is C12H19ClN2O3. The predicted molar refractivity (Wildman–Crippen MR) is 68.5 cm³/mol. The lowest BCUT2D eigenvalue weighted by Crippen LogP contribution is -2.35. The van der Waals surface area contributed by atoms with E-state index in [4.69, 9.17) is 21.2 Å². The Bertz CT molecular complexity index is 373. The second kappa shape index (κ2) is 7.38. The quantitative estimate of drug-likeness (QED) is 0.796. The highest BCUT2D eigenvalue weighted by Gasteiger charge is 2.14. The van der Waals surface area contributed by atoms with Crippen LogP contribution in [0.1, 0.15) is 37.4 Å². The van der Waals surface area contributed by atoms with E-state index in [2.05, 4.69) is 10.5 Å². The molecular weight excluding hydrogens is 256 g/mol. The van der Waals surface area contributed by atoms with Gasteiger partial charge in [-0.15, -0.1) is 0 Å². The normalized spacial score (nSPS) is 12.4. The van der Waals surface area contributed by atoms with E-state index in [1.54, 1.807) is 6.92 Å². The third kappa shape index (κ3) is 4.31. The van der Waals surface area contributed by atoms with Crippen molar-refractivity contribution in [2.24, 2.45) is 0 Å². The number of nitrogens with one attached hydrogen (secondary N) is 1. The van der Waals surface area contributed by atoms with Crippen molar-refractivity contribution in [1.82, 2.24) is 10.5 Å². The van der Waals surface area contributed by atoms with E-state index in [-0.39, 0.29) is 23.8 Å². The summed E-state index contributed by atoms with van der Waals surface area (Å²) in [6, 6.07) is 0.0292. The molecule has 1 heterocycles. The van der Waals surface area contributed by atoms with Gasteiger partial charge in [0, 0.05) is 24.6 Å². The van der Waals surface area contributed by atoms with E-state index >= 15 is 0 Å². The fraction of sp³-hybridized carbons (Fsp3) is 0.667. The van der Waals surface area contributed by atoms with E-state index in [9.17, 15) is 4.79 Å². The van der Waals surface area contributed by atoms with Gasteiger partial charge < -0.3 is 14.9 Å². The maximum absolute atomic E-state index is 11.7. The molecule has 0 radical (unpaired) electrons. The number of hydrogen-bond acceptors (Lipinski definition) is 4. The van der Waals surface area contributed by atoms with Gasteiger partial charge in [-0.1, -0.05) is 12.1 Å². The summed E-state index contributed by atoms with van der Waals surface area (Å²) in [5.74, 6) is -0.0491. The van der Waals surface area contributed by atoms with Crippen LogP contribution in [0.3, 0.4) is 0 Å². The van der Waals surface area contributed by atoms with Crippen LogP contribution in [0.5, 0.6) is 0 Å². The van der Waals surface area contributed by atoms with Crippen LogP contribution < -0.4 is 5.32 Å². The van der Waals surface area contributed by atoms with Crippen LogP contribution in [-0.2, 0) is 11.2 Å². The van der Waals surface area contributed by atoms with Crippen LogP contribution in [0, 0.1) is 6.92 Å². The number of aliphatic hydroxyl groups excluding tert-OH is 1. The number of aliphatic hydroxyl groups is 1. The Hall–Kier alpha value is -1.07. The standard InChI is InChI=1S/C12H19ClN2O3/c1-3-9(6-7-16)14-11(17)5-4-10-8(2)15-18-12(10)13/h9,16H,3-7H2,1-2H3,(H,14,17). The number of aromatic nitrogens is 1. The molecule has 102 valence electrons. The largest absolute Gasteiger partial charge is 0.396 e. The van der Waals surface area contributed by atoms with Crippen LogP contribution in [0.25, 0.3) is 0 Å². The number of carbonyl (C=O) groups is 1. The zero-order chi connectivity index (χ0) is 13.5. The van der Waals surface area contributed by atoms with Crippen molar-refractivity contribution in [3.8, 4) is 0 Å². The fourth-order valence-electron chi connectivity index (χ4n) is 1.71. The highest BCUT2D eigenvalue weighted by Crippen LogP contribution is 2.20. The van der Waals surface area contributed by atoms with Crippen LogP contribution in [-0.4, -0.2) is 28.8 Å². The summed E-state index contributed by atoms with van der Waals surface area (Å²) in [5, 5.41) is 15.7. The molecule has 0 aliphatic heterocycles. The summed E-state index contributed by atoms with van der Waals surface area (Å²) in [6.07, 6.45) is 2.23. The van der Waals surface area contributed by atoms with Gasteiger partial charge in [-0.2, -0.15) is 0 Å². The van der Waals surface area contributed by atoms with Crippen molar-refractivity contribution in [1.29, 1.82) is 0 Å². The van der Waals surface area contributed by atoms with E-state index in [0.29, 0.717) is 19.3 Å². The van der Waals surface area contributed by atoms with Crippen LogP contribution >= 0.6 is 11.6 Å². The Morgan fingerprint density at radius 1 is 1.61 bits per heavy atom. The van der Waals surface area contributed by atoms with Gasteiger partial charge in [0.05, 0.1) is 5.69 Å². The summed E-state index contributed by atoms with van der Waals surface area (Å²) >= 11 is 5.82. The van der Waals surface area contributed by atoms with E-state index in [1.165, 1.54) is 0 Å². The maximum Gasteiger partial charge on any atom is 0.229 e. The number of amides is 1. The summed E-state index contributed by atoms with van der Waals surface area (Å²) in [6.45, 7) is 3.85. The molecule has 0 aliphatic carbocycles. The smallest absolute Gasteiger partial charge is 0.229 e. The minimum absolute atomic E-state index is 0.0292. The molecule has 0 aromatic carbocycles. The molecule has 1 aromatic heterocycles. The molecule has 6 heteroatoms. The molecule has 5 nitrogen and oxygen atoms in total. The zero-order valence-corrected chi connectivity index (χ0v) is 11.5. The van der Waals surface area contributed by atoms with Crippen molar-refractivity contribution < 1.29 is 14.4 Å². The summed E-state index contributed by atoms with van der Waals surface area (Å²) in [7, 11) is 0. The first-order chi connectivity index (χ1) is 8.58. The molecule has 1 rings (SSSR count). The van der Waals surface area contributed by atoms with Gasteiger partial charge in [-0.25, -0.2) is 0 Å². The summed E-state index contributed by atoms with van der Waals surface area (Å²) in [4.78, 5) is 11.7. The molecule has 0 spiro atoms. The van der Waals surface area contributed by atoms with Gasteiger partial charge in [0.1, 0.15) is 0 Å². The second-order valence-corrected chi connectivity index (χ2v) is 4.55. The first-order valence-electron chi connectivity index (χ1n) is 6.09. The predicted octanol–water partition coefficient (Wildman–Crippen LogP) is 1.85. The molecule has 0 fully saturated rings. The number of hydrogen-bond donors (Lipinski definition) is 2. The number of carbonyl (C=O) groups excluding carboxylic acids is 1. The third-order valence-electron chi connectivity index (χ3n) is 2.87. The first-order valence-corrected chi connectivity index (χ1v) is 6.47. The van der Waals surface area contributed by atoms with Gasteiger partial charge in [0.15, 0.2) is 0 Å². The van der Waals surface area contributed by atoms with E-state index < -0.39 is 0 Å². The highest BCUT2D eigenvalue weighted by molar-refractivity contribution is 6.29. The van der Waals surface area contributed by atoms with Crippen molar-refractivity contribution in [3.05, 3.63) is 16.5 Å². The monoisotopic (exact) mass is 274 g/mol. The van der Waals surface area contributed by atoms with E-state index in [1.807, 2.05) is 6.92 Å². The van der Waals surface area contributed by atoms with Crippen LogP contribution in [0.15, 0.2) is 4.52 Å². The van der Waals surface area contributed by atoms with Crippen molar-refractivity contribution >= 4 is 17.5 Å². The molecule has 2 N–H and O–H groups in total. The highest BCUT2D eigenvalue weighted by atomic mass is 35.5. The lowest BCUT2D eigenvalue weighted by Gasteiger charge is -2.15. The third-order valence-corrected chi connectivity index (χ3v) is 3.17. The zero-order valence-electron chi connectivity index (χ0n) is 10.7. The maximum atomic E-state index is 11.7. The Morgan fingerprint density at radius 2 is 2.33 bits per heavy atom. The van der Waals surface area contributed by atoms with Crippen LogP contribution in [0.2, 0.25) is 5.22 Å². The molecule has 1 atom stereocenters. The molecule has 0 saturated carbocycles. The van der Waals surface area contributed by atoms with Gasteiger partial charge >= 0.3 is 0 Å². The molecule has 1 aromatic rings. The lowest BCUT2D eigenvalue weighted by molar-refractivity contribution is -0.121.